The van der Waals surface area contributed by atoms with E-state index in [-0.39, 0.29) is 24.3 Å². The van der Waals surface area contributed by atoms with Crippen molar-refractivity contribution < 1.29 is 14.4 Å². The quantitative estimate of drug-likeness (QED) is 0.359. The molecule has 0 saturated carbocycles. The predicted octanol–water partition coefficient (Wildman–Crippen LogP) is 4.70. The van der Waals surface area contributed by atoms with Gasteiger partial charge in [0.1, 0.15) is 11.9 Å². The molecular weight excluding hydrogens is 534 g/mol. The first-order valence-electron chi connectivity index (χ1n) is 11.6. The smallest absolute Gasteiger partial charge is 0.256 e. The molecule has 1 aliphatic rings. The van der Waals surface area contributed by atoms with Gasteiger partial charge >= 0.3 is 0 Å². The van der Waals surface area contributed by atoms with E-state index < -0.39 is 6.04 Å². The zero-order valence-electron chi connectivity index (χ0n) is 19.6. The van der Waals surface area contributed by atoms with Gasteiger partial charge in [-0.05, 0) is 59.7 Å². The molecule has 0 bridgehead atoms. The molecule has 4 aromatic rings. The first-order valence-corrected chi connectivity index (χ1v) is 12.4. The SMILES string of the molecule is O=C(Nc1ccccn1)c1ccc(CN2C(=O)c3ccc(Br)cc3NC(=O)C2Cc2cccnc2)cc1. The van der Waals surface area contributed by atoms with Gasteiger partial charge in [-0.15, -0.1) is 0 Å². The molecule has 0 spiro atoms. The highest BCUT2D eigenvalue weighted by molar-refractivity contribution is 9.10. The lowest BCUT2D eigenvalue weighted by Crippen LogP contribution is -2.46. The molecule has 3 amide bonds. The molecule has 1 unspecified atom stereocenters. The van der Waals surface area contributed by atoms with Gasteiger partial charge in [-0.2, -0.15) is 0 Å². The van der Waals surface area contributed by atoms with Gasteiger partial charge in [0.05, 0.1) is 11.3 Å². The fraction of sp³-hybridized carbons (Fsp3) is 0.107. The van der Waals surface area contributed by atoms with E-state index >= 15 is 0 Å². The Kier molecular flexibility index (Phi) is 7.04. The van der Waals surface area contributed by atoms with Crippen LogP contribution in [0.5, 0.6) is 0 Å². The standard InChI is InChI=1S/C28H22BrN5O3/c29-21-10-11-22-23(15-21)32-27(36)24(14-19-4-3-12-30-16-19)34(28(22)37)17-18-6-8-20(9-7-18)26(35)33-25-5-1-2-13-31-25/h1-13,15-16,24H,14,17H2,(H,32,36)(H,31,33,35). The summed E-state index contributed by atoms with van der Waals surface area (Å²) in [6, 6.07) is 20.4. The number of hydrogen-bond donors (Lipinski definition) is 2. The molecule has 0 radical (unpaired) electrons. The maximum absolute atomic E-state index is 13.7. The van der Waals surface area contributed by atoms with Crippen LogP contribution in [0, 0.1) is 0 Å². The van der Waals surface area contributed by atoms with Gasteiger partial charge in [-0.1, -0.05) is 40.2 Å². The molecule has 1 atom stereocenters. The Morgan fingerprint density at radius 2 is 1.81 bits per heavy atom. The van der Waals surface area contributed by atoms with E-state index in [9.17, 15) is 14.4 Å². The first-order chi connectivity index (χ1) is 18.0. The summed E-state index contributed by atoms with van der Waals surface area (Å²) in [6.07, 6.45) is 5.27. The summed E-state index contributed by atoms with van der Waals surface area (Å²) in [6.45, 7) is 0.189. The van der Waals surface area contributed by atoms with E-state index in [1.54, 1.807) is 90.2 Å². The zero-order valence-corrected chi connectivity index (χ0v) is 21.2. The van der Waals surface area contributed by atoms with Gasteiger partial charge in [0, 0.05) is 41.6 Å². The van der Waals surface area contributed by atoms with Gasteiger partial charge < -0.3 is 15.5 Å². The van der Waals surface area contributed by atoms with E-state index in [0.717, 1.165) is 15.6 Å². The average molecular weight is 556 g/mol. The number of carbonyl (C=O) groups is 3. The highest BCUT2D eigenvalue weighted by Gasteiger charge is 2.35. The highest BCUT2D eigenvalue weighted by Crippen LogP contribution is 2.29. The van der Waals surface area contributed by atoms with Crippen LogP contribution >= 0.6 is 15.9 Å². The molecule has 8 nitrogen and oxygen atoms in total. The van der Waals surface area contributed by atoms with Crippen LogP contribution in [0.4, 0.5) is 11.5 Å². The molecule has 5 rings (SSSR count). The number of amides is 3. The maximum Gasteiger partial charge on any atom is 0.256 e. The second kappa shape index (κ2) is 10.7. The molecule has 2 aromatic carbocycles. The van der Waals surface area contributed by atoms with Crippen LogP contribution < -0.4 is 10.6 Å². The molecule has 9 heteroatoms. The number of carbonyl (C=O) groups excluding carboxylic acids is 3. The lowest BCUT2D eigenvalue weighted by molar-refractivity contribution is -0.120. The number of pyridine rings is 2. The second-order valence-corrected chi connectivity index (χ2v) is 9.48. The normalized spacial score (nSPS) is 14.9. The van der Waals surface area contributed by atoms with Crippen molar-refractivity contribution >= 4 is 45.2 Å². The summed E-state index contributed by atoms with van der Waals surface area (Å²) >= 11 is 3.41. The fourth-order valence-corrected chi connectivity index (χ4v) is 4.53. The number of rotatable bonds is 6. The van der Waals surface area contributed by atoms with Crippen LogP contribution in [0.25, 0.3) is 0 Å². The monoisotopic (exact) mass is 555 g/mol. The fourth-order valence-electron chi connectivity index (χ4n) is 4.17. The van der Waals surface area contributed by atoms with E-state index in [1.807, 2.05) is 6.07 Å². The lowest BCUT2D eigenvalue weighted by Gasteiger charge is -2.29. The van der Waals surface area contributed by atoms with Gasteiger partial charge in [-0.25, -0.2) is 4.98 Å². The molecule has 0 fully saturated rings. The number of nitrogens with one attached hydrogen (secondary N) is 2. The Morgan fingerprint density at radius 3 is 2.54 bits per heavy atom. The van der Waals surface area contributed by atoms with Gasteiger partial charge in [-0.3, -0.25) is 19.4 Å². The van der Waals surface area contributed by atoms with Crippen molar-refractivity contribution in [3.8, 4) is 0 Å². The van der Waals surface area contributed by atoms with Crippen LogP contribution in [0.2, 0.25) is 0 Å². The van der Waals surface area contributed by atoms with Crippen molar-refractivity contribution in [2.45, 2.75) is 19.0 Å². The summed E-state index contributed by atoms with van der Waals surface area (Å²) in [7, 11) is 0. The lowest BCUT2D eigenvalue weighted by atomic mass is 10.0. The third kappa shape index (κ3) is 5.57. The van der Waals surface area contributed by atoms with Gasteiger partial charge in [0.25, 0.3) is 11.8 Å². The minimum Gasteiger partial charge on any atom is -0.323 e. The first kappa shape index (κ1) is 24.3. The Morgan fingerprint density at radius 1 is 0.973 bits per heavy atom. The van der Waals surface area contributed by atoms with Crippen molar-refractivity contribution in [2.24, 2.45) is 0 Å². The summed E-state index contributed by atoms with van der Waals surface area (Å²) in [5.74, 6) is -0.363. The molecule has 3 heterocycles. The summed E-state index contributed by atoms with van der Waals surface area (Å²) in [5, 5.41) is 5.67. The Hall–Kier alpha value is -4.37. The molecule has 2 N–H and O–H groups in total. The highest BCUT2D eigenvalue weighted by atomic mass is 79.9. The Balaban J connectivity index is 1.42. The van der Waals surface area contributed by atoms with E-state index in [0.29, 0.717) is 29.1 Å². The minimum atomic E-state index is -0.755. The van der Waals surface area contributed by atoms with Crippen molar-refractivity contribution in [3.05, 3.63) is 118 Å². The molecule has 0 aliphatic carbocycles. The number of anilines is 2. The molecule has 2 aromatic heterocycles. The van der Waals surface area contributed by atoms with Crippen LogP contribution in [0.1, 0.15) is 31.8 Å². The number of halogens is 1. The molecule has 0 saturated heterocycles. The molecule has 184 valence electrons. The van der Waals surface area contributed by atoms with Crippen LogP contribution in [-0.4, -0.2) is 38.6 Å². The van der Waals surface area contributed by atoms with Gasteiger partial charge in [0.15, 0.2) is 0 Å². The Labute approximate surface area is 221 Å². The molecule has 37 heavy (non-hydrogen) atoms. The van der Waals surface area contributed by atoms with E-state index in [4.69, 9.17) is 0 Å². The summed E-state index contributed by atoms with van der Waals surface area (Å²) in [4.78, 5) is 49.5. The maximum atomic E-state index is 13.7. The average Bonchev–Trinajstić information content (AvgIpc) is 3.00. The minimum absolute atomic E-state index is 0.189. The van der Waals surface area contributed by atoms with E-state index in [1.165, 1.54) is 0 Å². The number of aromatic nitrogens is 2. The summed E-state index contributed by atoms with van der Waals surface area (Å²) < 4.78 is 0.760. The van der Waals surface area contributed by atoms with Crippen molar-refractivity contribution in [1.29, 1.82) is 0 Å². The number of nitrogens with zero attached hydrogens (tertiary/aromatic N) is 3. The molecule has 1 aliphatic heterocycles. The van der Waals surface area contributed by atoms with Crippen molar-refractivity contribution in [2.75, 3.05) is 10.6 Å². The number of benzene rings is 2. The largest absolute Gasteiger partial charge is 0.323 e. The van der Waals surface area contributed by atoms with Crippen LogP contribution in [-0.2, 0) is 17.8 Å². The summed E-state index contributed by atoms with van der Waals surface area (Å²) in [5.41, 5.74) is 2.96. The van der Waals surface area contributed by atoms with Crippen LogP contribution in [0.3, 0.4) is 0 Å². The molecular formula is C28H22BrN5O3. The third-order valence-electron chi connectivity index (χ3n) is 6.04. The van der Waals surface area contributed by atoms with Crippen molar-refractivity contribution in [1.82, 2.24) is 14.9 Å². The van der Waals surface area contributed by atoms with E-state index in [2.05, 4.69) is 36.5 Å². The van der Waals surface area contributed by atoms with Crippen molar-refractivity contribution in [3.63, 3.8) is 0 Å². The number of hydrogen-bond acceptors (Lipinski definition) is 5. The second-order valence-electron chi connectivity index (χ2n) is 8.56. The number of fused-ring (bicyclic) bond motifs is 1. The Bertz CT molecular complexity index is 1450. The van der Waals surface area contributed by atoms with Gasteiger partial charge in [0.2, 0.25) is 5.91 Å². The predicted molar refractivity (Wildman–Crippen MR) is 143 cm³/mol. The topological polar surface area (TPSA) is 104 Å². The zero-order chi connectivity index (χ0) is 25.8. The van der Waals surface area contributed by atoms with Crippen LogP contribution in [0.15, 0.2) is 95.9 Å². The third-order valence-corrected chi connectivity index (χ3v) is 6.53.